The van der Waals surface area contributed by atoms with Gasteiger partial charge in [-0.3, -0.25) is 10.1 Å². The molecule has 0 aliphatic rings. The molecule has 0 spiro atoms. The highest BCUT2D eigenvalue weighted by molar-refractivity contribution is 7.13. The highest BCUT2D eigenvalue weighted by Gasteiger charge is 2.15. The summed E-state index contributed by atoms with van der Waals surface area (Å²) < 4.78 is 5.30. The Bertz CT molecular complexity index is 1020. The minimum Gasteiger partial charge on any atom is -0.477 e. The summed E-state index contributed by atoms with van der Waals surface area (Å²) in [5.41, 5.74) is 1.75. The van der Waals surface area contributed by atoms with E-state index < -0.39 is 0 Å². The molecule has 25 heavy (non-hydrogen) atoms. The Hall–Kier alpha value is -2.56. The zero-order valence-electron chi connectivity index (χ0n) is 13.6. The van der Waals surface area contributed by atoms with E-state index in [9.17, 15) is 4.79 Å². The lowest BCUT2D eigenvalue weighted by Gasteiger charge is -2.08. The minimum atomic E-state index is -0.143. The molecule has 128 valence electrons. The second kappa shape index (κ2) is 7.13. The predicted octanol–water partition coefficient (Wildman–Crippen LogP) is 3.45. The van der Waals surface area contributed by atoms with Crippen molar-refractivity contribution in [1.82, 2.24) is 4.98 Å². The van der Waals surface area contributed by atoms with Crippen LogP contribution in [0.3, 0.4) is 0 Å². The lowest BCUT2D eigenvalue weighted by atomic mass is 10.1. The second-order valence-electron chi connectivity index (χ2n) is 5.70. The summed E-state index contributed by atoms with van der Waals surface area (Å²) >= 11 is 7.88. The zero-order chi connectivity index (χ0) is 18.0. The maximum Gasteiger partial charge on any atom is 0.332 e. The van der Waals surface area contributed by atoms with Gasteiger partial charge in [0.2, 0.25) is 0 Å². The van der Waals surface area contributed by atoms with E-state index in [4.69, 9.17) is 21.6 Å². The van der Waals surface area contributed by atoms with E-state index >= 15 is 0 Å². The van der Waals surface area contributed by atoms with Crippen LogP contribution in [0.5, 0.6) is 5.75 Å². The molecule has 0 unspecified atom stereocenters. The van der Waals surface area contributed by atoms with Gasteiger partial charge in [0, 0.05) is 16.8 Å². The highest BCUT2D eigenvalue weighted by atomic mass is 35.5. The largest absolute Gasteiger partial charge is 0.477 e. The van der Waals surface area contributed by atoms with Crippen LogP contribution in [-0.4, -0.2) is 17.6 Å². The maximum atomic E-state index is 12.4. The first-order valence-electron chi connectivity index (χ1n) is 7.62. The Labute approximate surface area is 153 Å². The molecular formula is C17H16ClN4O2S+. The standard InChI is InChI=1S/C17H15ClN4O2S/c1-9(2)20-17-22-12(8-25-17)11-7-13(23)10-3-4-14(24-6-5-19)15(18)16(10)21-11/h3-4,7-9H,6H2,1-2H3,(H,20,22)(H,21,23)/p+1. The van der Waals surface area contributed by atoms with Crippen LogP contribution < -0.4 is 20.5 Å². The van der Waals surface area contributed by atoms with Crippen LogP contribution >= 0.6 is 22.9 Å². The van der Waals surface area contributed by atoms with Crippen molar-refractivity contribution in [3.05, 3.63) is 38.8 Å². The number of aromatic nitrogens is 2. The van der Waals surface area contributed by atoms with E-state index in [-0.39, 0.29) is 17.1 Å². The molecule has 0 bridgehead atoms. The molecule has 0 aliphatic carbocycles. The fourth-order valence-corrected chi connectivity index (χ4v) is 3.55. The maximum absolute atomic E-state index is 12.4. The first-order valence-corrected chi connectivity index (χ1v) is 8.88. The van der Waals surface area contributed by atoms with Crippen molar-refractivity contribution in [3.8, 4) is 23.2 Å². The van der Waals surface area contributed by atoms with Crippen molar-refractivity contribution < 1.29 is 9.72 Å². The molecule has 0 saturated heterocycles. The quantitative estimate of drug-likeness (QED) is 0.714. The van der Waals surface area contributed by atoms with E-state index in [1.807, 2.05) is 25.3 Å². The molecule has 0 fully saturated rings. The monoisotopic (exact) mass is 375 g/mol. The molecule has 3 aromatic rings. The normalized spacial score (nSPS) is 10.8. The molecule has 0 saturated carbocycles. The van der Waals surface area contributed by atoms with Crippen molar-refractivity contribution >= 4 is 39.0 Å². The fourth-order valence-electron chi connectivity index (χ4n) is 2.39. The summed E-state index contributed by atoms with van der Waals surface area (Å²) in [5.74, 6) is 0.361. The van der Waals surface area contributed by atoms with Crippen LogP contribution in [0.15, 0.2) is 28.4 Å². The summed E-state index contributed by atoms with van der Waals surface area (Å²) in [6, 6.07) is 6.96. The lowest BCUT2D eigenvalue weighted by molar-refractivity contribution is -0.341. The number of ether oxygens (including phenoxy) is 1. The molecule has 3 rings (SSSR count). The van der Waals surface area contributed by atoms with E-state index in [1.54, 1.807) is 12.1 Å². The van der Waals surface area contributed by atoms with Gasteiger partial charge in [-0.25, -0.2) is 4.98 Å². The number of hydrogen-bond acceptors (Lipinski definition) is 5. The molecule has 3 N–H and O–H groups in total. The van der Waals surface area contributed by atoms with Crippen molar-refractivity contribution in [2.24, 2.45) is 0 Å². The molecule has 1 aromatic carbocycles. The number of halogens is 1. The Balaban J connectivity index is 2.08. The molecule has 8 heteroatoms. The predicted molar refractivity (Wildman–Crippen MR) is 99.3 cm³/mol. The van der Waals surface area contributed by atoms with Gasteiger partial charge in [0.05, 0.1) is 17.3 Å². The van der Waals surface area contributed by atoms with Crippen LogP contribution in [0, 0.1) is 11.3 Å². The van der Waals surface area contributed by atoms with E-state index in [1.165, 1.54) is 17.4 Å². The minimum absolute atomic E-state index is 0.113. The van der Waals surface area contributed by atoms with Crippen molar-refractivity contribution in [1.29, 1.82) is 5.26 Å². The SMILES string of the molecule is CC(C)Nc1[nH+]c(-c2cc(=O)c3ccc(OCC#N)c(Cl)c3[nH]2)cs1. The number of benzene rings is 1. The summed E-state index contributed by atoms with van der Waals surface area (Å²) in [6.45, 7) is 3.99. The second-order valence-corrected chi connectivity index (χ2v) is 6.95. The Morgan fingerprint density at radius 2 is 2.28 bits per heavy atom. The van der Waals surface area contributed by atoms with Gasteiger partial charge < -0.3 is 9.72 Å². The van der Waals surface area contributed by atoms with Crippen molar-refractivity contribution in [3.63, 3.8) is 0 Å². The number of pyridine rings is 1. The molecular weight excluding hydrogens is 360 g/mol. The number of anilines is 1. The molecule has 0 amide bonds. The molecule has 6 nitrogen and oxygen atoms in total. The van der Waals surface area contributed by atoms with Gasteiger partial charge in [-0.2, -0.15) is 5.26 Å². The van der Waals surface area contributed by atoms with Gasteiger partial charge in [0.25, 0.3) is 0 Å². The number of fused-ring (bicyclic) bond motifs is 1. The van der Waals surface area contributed by atoms with Crippen LogP contribution in [0.4, 0.5) is 5.13 Å². The molecule has 0 radical (unpaired) electrons. The average molecular weight is 376 g/mol. The number of rotatable bonds is 5. The van der Waals surface area contributed by atoms with Gasteiger partial charge in [0.1, 0.15) is 16.8 Å². The molecule has 0 atom stereocenters. The van der Waals surface area contributed by atoms with Gasteiger partial charge in [0.15, 0.2) is 17.7 Å². The number of nitrogens with one attached hydrogen (secondary N) is 3. The van der Waals surface area contributed by atoms with Gasteiger partial charge in [-0.1, -0.05) is 22.9 Å². The molecule has 2 heterocycles. The Morgan fingerprint density at radius 3 is 3.00 bits per heavy atom. The Morgan fingerprint density at radius 1 is 1.48 bits per heavy atom. The van der Waals surface area contributed by atoms with Crippen molar-refractivity contribution in [2.75, 3.05) is 11.9 Å². The van der Waals surface area contributed by atoms with E-state index in [0.717, 1.165) is 10.8 Å². The van der Waals surface area contributed by atoms with Gasteiger partial charge in [-0.15, -0.1) is 0 Å². The van der Waals surface area contributed by atoms with Crippen LogP contribution in [-0.2, 0) is 0 Å². The smallest absolute Gasteiger partial charge is 0.332 e. The average Bonchev–Trinajstić information content (AvgIpc) is 3.02. The van der Waals surface area contributed by atoms with Crippen LogP contribution in [0.1, 0.15) is 13.8 Å². The molecule has 0 aliphatic heterocycles. The topological polar surface area (TPSA) is 92.0 Å². The number of thiazole rings is 1. The van der Waals surface area contributed by atoms with Gasteiger partial charge in [-0.05, 0) is 26.0 Å². The third-order valence-electron chi connectivity index (χ3n) is 3.45. The molecule has 2 aromatic heterocycles. The zero-order valence-corrected chi connectivity index (χ0v) is 15.2. The summed E-state index contributed by atoms with van der Waals surface area (Å²) in [5, 5.41) is 15.5. The summed E-state index contributed by atoms with van der Waals surface area (Å²) in [7, 11) is 0. The van der Waals surface area contributed by atoms with E-state index in [0.29, 0.717) is 28.4 Å². The summed E-state index contributed by atoms with van der Waals surface area (Å²) in [6.07, 6.45) is 0. The van der Waals surface area contributed by atoms with E-state index in [2.05, 4.69) is 15.3 Å². The number of nitrogens with zero attached hydrogens (tertiary/aromatic N) is 1. The van der Waals surface area contributed by atoms with Crippen molar-refractivity contribution in [2.45, 2.75) is 19.9 Å². The highest BCUT2D eigenvalue weighted by Crippen LogP contribution is 2.31. The number of aromatic amines is 2. The van der Waals surface area contributed by atoms with Crippen LogP contribution in [0.2, 0.25) is 5.02 Å². The first-order chi connectivity index (χ1) is 12.0. The third-order valence-corrected chi connectivity index (χ3v) is 4.64. The number of hydrogen-bond donors (Lipinski definition) is 2. The summed E-state index contributed by atoms with van der Waals surface area (Å²) in [4.78, 5) is 18.9. The lowest BCUT2D eigenvalue weighted by Crippen LogP contribution is -2.17. The van der Waals surface area contributed by atoms with Gasteiger partial charge >= 0.3 is 5.13 Å². The fraction of sp³-hybridized carbons (Fsp3) is 0.235. The third kappa shape index (κ3) is 3.60. The number of H-pyrrole nitrogens is 2. The number of nitriles is 1. The Kier molecular flexibility index (Phi) is 4.93. The van der Waals surface area contributed by atoms with Crippen LogP contribution in [0.25, 0.3) is 22.3 Å². The first kappa shape index (κ1) is 17.3.